The average molecular weight is 281 g/mol. The Kier molecular flexibility index (Phi) is 6.80. The average Bonchev–Trinajstić information content (AvgIpc) is 2.70. The molecule has 0 unspecified atom stereocenters. The van der Waals surface area contributed by atoms with Crippen LogP contribution in [0, 0.1) is 5.92 Å². The van der Waals surface area contributed by atoms with Crippen LogP contribution >= 0.6 is 0 Å². The Hall–Kier alpha value is -0.610. The van der Waals surface area contributed by atoms with Crippen molar-refractivity contribution in [2.75, 3.05) is 33.2 Å². The Morgan fingerprint density at radius 3 is 2.35 bits per heavy atom. The molecule has 1 aliphatic carbocycles. The lowest BCUT2D eigenvalue weighted by Gasteiger charge is -2.29. The van der Waals surface area contributed by atoms with Crippen LogP contribution in [0.5, 0.6) is 0 Å². The predicted molar refractivity (Wildman–Crippen MR) is 82.7 cm³/mol. The molecule has 0 aromatic rings. The van der Waals surface area contributed by atoms with E-state index in [1.54, 1.807) is 0 Å². The maximum absolute atomic E-state index is 11.9. The summed E-state index contributed by atoms with van der Waals surface area (Å²) in [6, 6.07) is 0.426. The van der Waals surface area contributed by atoms with Crippen LogP contribution in [0.3, 0.4) is 0 Å². The van der Waals surface area contributed by atoms with Gasteiger partial charge in [0.05, 0.1) is 6.54 Å². The van der Waals surface area contributed by atoms with Gasteiger partial charge in [0.25, 0.3) is 0 Å². The zero-order valence-electron chi connectivity index (χ0n) is 13.0. The molecule has 0 aromatic heterocycles. The summed E-state index contributed by atoms with van der Waals surface area (Å²) in [5, 5.41) is 6.54. The second-order valence-corrected chi connectivity index (χ2v) is 6.63. The lowest BCUT2D eigenvalue weighted by atomic mass is 9.97. The highest BCUT2D eigenvalue weighted by molar-refractivity contribution is 5.78. The van der Waals surface area contributed by atoms with E-state index in [9.17, 15) is 4.79 Å². The molecule has 0 spiro atoms. The molecule has 4 nitrogen and oxygen atoms in total. The van der Waals surface area contributed by atoms with E-state index in [0.717, 1.165) is 12.5 Å². The van der Waals surface area contributed by atoms with Gasteiger partial charge >= 0.3 is 0 Å². The largest absolute Gasteiger partial charge is 0.352 e. The van der Waals surface area contributed by atoms with Gasteiger partial charge in [-0.2, -0.15) is 0 Å². The summed E-state index contributed by atoms with van der Waals surface area (Å²) in [5.41, 5.74) is 0. The van der Waals surface area contributed by atoms with E-state index in [-0.39, 0.29) is 5.91 Å². The number of hydrogen-bond donors (Lipinski definition) is 2. The first-order chi connectivity index (χ1) is 9.74. The minimum absolute atomic E-state index is 0.185. The van der Waals surface area contributed by atoms with Crippen LogP contribution < -0.4 is 10.6 Å². The number of hydrogen-bond acceptors (Lipinski definition) is 3. The van der Waals surface area contributed by atoms with E-state index in [0.29, 0.717) is 12.6 Å². The van der Waals surface area contributed by atoms with E-state index in [1.807, 2.05) is 0 Å². The molecule has 0 bridgehead atoms. The lowest BCUT2D eigenvalue weighted by molar-refractivity contribution is -0.121. The number of rotatable bonds is 5. The summed E-state index contributed by atoms with van der Waals surface area (Å²) in [6.45, 7) is 3.87. The fourth-order valence-electron chi connectivity index (χ4n) is 3.36. The maximum atomic E-state index is 11.9. The fourth-order valence-corrected chi connectivity index (χ4v) is 3.36. The summed E-state index contributed by atoms with van der Waals surface area (Å²) < 4.78 is 0. The fraction of sp³-hybridized carbons (Fsp3) is 0.938. The van der Waals surface area contributed by atoms with Crippen molar-refractivity contribution in [1.82, 2.24) is 15.5 Å². The van der Waals surface area contributed by atoms with Crippen molar-refractivity contribution in [3.63, 3.8) is 0 Å². The SMILES string of the molecule is CN1CCC(CNCC(=O)NC2CCCCCC2)CC1. The van der Waals surface area contributed by atoms with Gasteiger partial charge in [-0.1, -0.05) is 25.7 Å². The third-order valence-corrected chi connectivity index (χ3v) is 4.78. The molecule has 2 fully saturated rings. The van der Waals surface area contributed by atoms with Crippen LogP contribution in [0.15, 0.2) is 0 Å². The van der Waals surface area contributed by atoms with E-state index >= 15 is 0 Å². The molecule has 4 heteroatoms. The van der Waals surface area contributed by atoms with Gasteiger partial charge in [-0.15, -0.1) is 0 Å². The summed E-state index contributed by atoms with van der Waals surface area (Å²) in [5.74, 6) is 0.932. The van der Waals surface area contributed by atoms with Crippen molar-refractivity contribution in [1.29, 1.82) is 0 Å². The number of nitrogens with zero attached hydrogens (tertiary/aromatic N) is 1. The van der Waals surface area contributed by atoms with Gasteiger partial charge in [0, 0.05) is 6.04 Å². The first kappa shape index (κ1) is 15.8. The Labute approximate surface area is 123 Å². The highest BCUT2D eigenvalue weighted by Crippen LogP contribution is 2.17. The summed E-state index contributed by atoms with van der Waals surface area (Å²) in [4.78, 5) is 14.3. The molecule has 1 saturated carbocycles. The molecule has 1 saturated heterocycles. The number of carbonyl (C=O) groups excluding carboxylic acids is 1. The van der Waals surface area contributed by atoms with Crippen molar-refractivity contribution in [2.24, 2.45) is 5.92 Å². The molecule has 1 aliphatic heterocycles. The highest BCUT2D eigenvalue weighted by atomic mass is 16.1. The number of likely N-dealkylation sites (tertiary alicyclic amines) is 1. The van der Waals surface area contributed by atoms with Crippen molar-refractivity contribution in [3.8, 4) is 0 Å². The molecule has 2 rings (SSSR count). The molecular formula is C16H31N3O. The Bertz CT molecular complexity index is 279. The number of amides is 1. The van der Waals surface area contributed by atoms with Gasteiger partial charge in [0.2, 0.25) is 5.91 Å². The van der Waals surface area contributed by atoms with E-state index < -0.39 is 0 Å². The van der Waals surface area contributed by atoms with Crippen LogP contribution in [-0.2, 0) is 4.79 Å². The second kappa shape index (κ2) is 8.63. The van der Waals surface area contributed by atoms with Crippen molar-refractivity contribution >= 4 is 5.91 Å². The van der Waals surface area contributed by atoms with Crippen LogP contribution in [0.2, 0.25) is 0 Å². The molecule has 2 aliphatic rings. The number of piperidine rings is 1. The molecule has 116 valence electrons. The first-order valence-corrected chi connectivity index (χ1v) is 8.42. The van der Waals surface area contributed by atoms with E-state index in [1.165, 1.54) is 64.5 Å². The molecular weight excluding hydrogens is 250 g/mol. The smallest absolute Gasteiger partial charge is 0.234 e. The standard InChI is InChI=1S/C16H31N3O/c1-19-10-8-14(9-11-19)12-17-13-16(20)18-15-6-4-2-3-5-7-15/h14-15,17H,2-13H2,1H3,(H,18,20). The van der Waals surface area contributed by atoms with Gasteiger partial charge in [-0.25, -0.2) is 0 Å². The third-order valence-electron chi connectivity index (χ3n) is 4.78. The van der Waals surface area contributed by atoms with Gasteiger partial charge < -0.3 is 15.5 Å². The predicted octanol–water partition coefficient (Wildman–Crippen LogP) is 1.76. The van der Waals surface area contributed by atoms with Crippen molar-refractivity contribution in [3.05, 3.63) is 0 Å². The zero-order valence-corrected chi connectivity index (χ0v) is 13.0. The lowest BCUT2D eigenvalue weighted by Crippen LogP contribution is -2.42. The quantitative estimate of drug-likeness (QED) is 0.755. The van der Waals surface area contributed by atoms with Crippen LogP contribution in [0.4, 0.5) is 0 Å². The normalized spacial score (nSPS) is 23.4. The molecule has 1 heterocycles. The Morgan fingerprint density at radius 2 is 1.70 bits per heavy atom. The van der Waals surface area contributed by atoms with Crippen molar-refractivity contribution < 1.29 is 4.79 Å². The highest BCUT2D eigenvalue weighted by Gasteiger charge is 2.17. The zero-order chi connectivity index (χ0) is 14.2. The molecule has 0 radical (unpaired) electrons. The number of carbonyl (C=O) groups is 1. The van der Waals surface area contributed by atoms with Crippen molar-refractivity contribution in [2.45, 2.75) is 57.4 Å². The van der Waals surface area contributed by atoms with Gasteiger partial charge in [-0.3, -0.25) is 4.79 Å². The van der Waals surface area contributed by atoms with Crippen LogP contribution in [-0.4, -0.2) is 50.1 Å². The van der Waals surface area contributed by atoms with Crippen LogP contribution in [0.1, 0.15) is 51.4 Å². The third kappa shape index (κ3) is 5.80. The Balaban J connectivity index is 1.55. The van der Waals surface area contributed by atoms with E-state index in [4.69, 9.17) is 0 Å². The van der Waals surface area contributed by atoms with E-state index in [2.05, 4.69) is 22.6 Å². The molecule has 20 heavy (non-hydrogen) atoms. The minimum Gasteiger partial charge on any atom is -0.352 e. The molecule has 0 aromatic carbocycles. The van der Waals surface area contributed by atoms with Gasteiger partial charge in [0.1, 0.15) is 0 Å². The summed E-state index contributed by atoms with van der Waals surface area (Å²) >= 11 is 0. The minimum atomic E-state index is 0.185. The molecule has 0 atom stereocenters. The monoisotopic (exact) mass is 281 g/mol. The van der Waals surface area contributed by atoms with Gasteiger partial charge in [0.15, 0.2) is 0 Å². The number of nitrogens with one attached hydrogen (secondary N) is 2. The maximum Gasteiger partial charge on any atom is 0.234 e. The van der Waals surface area contributed by atoms with Gasteiger partial charge in [-0.05, 0) is 58.3 Å². The summed E-state index contributed by atoms with van der Waals surface area (Å²) in [7, 11) is 2.18. The second-order valence-electron chi connectivity index (χ2n) is 6.63. The Morgan fingerprint density at radius 1 is 1.05 bits per heavy atom. The van der Waals surface area contributed by atoms with Crippen LogP contribution in [0.25, 0.3) is 0 Å². The molecule has 1 amide bonds. The topological polar surface area (TPSA) is 44.4 Å². The summed E-state index contributed by atoms with van der Waals surface area (Å²) in [6.07, 6.45) is 10.1. The first-order valence-electron chi connectivity index (χ1n) is 8.42. The molecule has 2 N–H and O–H groups in total.